The lowest BCUT2D eigenvalue weighted by Crippen LogP contribution is -2.29. The highest BCUT2D eigenvalue weighted by atomic mass is 16.5. The Morgan fingerprint density at radius 3 is 2.58 bits per heavy atom. The molecule has 1 aliphatic heterocycles. The van der Waals surface area contributed by atoms with Gasteiger partial charge in [-0.1, -0.05) is 12.2 Å². The molecule has 0 fully saturated rings. The number of likely N-dealkylation sites (N-methyl/N-ethyl adjacent to an activating group) is 1. The minimum atomic E-state index is -0.250. The first-order chi connectivity index (χ1) is 12.3. The lowest BCUT2D eigenvalue weighted by Gasteiger charge is -2.32. The summed E-state index contributed by atoms with van der Waals surface area (Å²) in [6.45, 7) is 17.6. The van der Waals surface area contributed by atoms with Gasteiger partial charge in [-0.05, 0) is 57.4 Å². The summed E-state index contributed by atoms with van der Waals surface area (Å²) in [7, 11) is 2.20. The van der Waals surface area contributed by atoms with Crippen molar-refractivity contribution in [3.05, 3.63) is 35.0 Å². The number of hydrogen-bond donors (Lipinski definition) is 1. The summed E-state index contributed by atoms with van der Waals surface area (Å²) in [4.78, 5) is 10.8. The topological polar surface area (TPSA) is 54.7 Å². The molecule has 0 bridgehead atoms. The van der Waals surface area contributed by atoms with Gasteiger partial charge in [-0.2, -0.15) is 0 Å². The molecule has 2 heterocycles. The number of ether oxygens (including phenoxy) is 1. The lowest BCUT2D eigenvalue weighted by molar-refractivity contribution is -0.122. The molecule has 26 heavy (non-hydrogen) atoms. The van der Waals surface area contributed by atoms with E-state index in [0.29, 0.717) is 0 Å². The van der Waals surface area contributed by atoms with Gasteiger partial charge in [0, 0.05) is 37.8 Å². The highest BCUT2D eigenvalue weighted by Gasteiger charge is 2.28. The first kappa shape index (κ1) is 20.0. The van der Waals surface area contributed by atoms with Crippen LogP contribution < -0.4 is 4.90 Å². The van der Waals surface area contributed by atoms with Gasteiger partial charge in [0.05, 0.1) is 17.3 Å². The monoisotopic (exact) mass is 358 g/mol. The molecule has 0 amide bonds. The van der Waals surface area contributed by atoms with Gasteiger partial charge in [0.15, 0.2) is 0 Å². The van der Waals surface area contributed by atoms with Crippen LogP contribution in [0, 0.1) is 13.8 Å². The zero-order chi connectivity index (χ0) is 19.6. The van der Waals surface area contributed by atoms with E-state index in [2.05, 4.69) is 63.8 Å². The number of anilines is 1. The van der Waals surface area contributed by atoms with E-state index in [4.69, 9.17) is 14.6 Å². The van der Waals surface area contributed by atoms with Crippen molar-refractivity contribution in [2.24, 2.45) is 0 Å². The van der Waals surface area contributed by atoms with Crippen molar-refractivity contribution in [2.75, 3.05) is 25.1 Å². The van der Waals surface area contributed by atoms with Gasteiger partial charge in [0.2, 0.25) is 0 Å². The lowest BCUT2D eigenvalue weighted by atomic mass is 9.88. The predicted octanol–water partition coefficient (Wildman–Crippen LogP) is 4.54. The van der Waals surface area contributed by atoms with Crippen LogP contribution in [0.4, 0.5) is 5.69 Å². The molecule has 1 aliphatic rings. The quantitative estimate of drug-likeness (QED) is 0.815. The largest absolute Gasteiger partial charge is 0.483 e. The van der Waals surface area contributed by atoms with Crippen molar-refractivity contribution in [3.63, 3.8) is 0 Å². The summed E-state index contributed by atoms with van der Waals surface area (Å²) in [6, 6.07) is 2.32. The van der Waals surface area contributed by atoms with Crippen LogP contribution in [0.3, 0.4) is 0 Å². The molecule has 1 aromatic carbocycles. The second kappa shape index (κ2) is 7.96. The van der Waals surface area contributed by atoms with Crippen LogP contribution >= 0.6 is 0 Å². The molecule has 1 N–H and O–H groups in total. The van der Waals surface area contributed by atoms with Crippen molar-refractivity contribution in [2.45, 2.75) is 47.3 Å². The zero-order valence-corrected chi connectivity index (χ0v) is 16.7. The van der Waals surface area contributed by atoms with Crippen LogP contribution in [0.5, 0.6) is 0 Å². The Kier molecular flexibility index (Phi) is 6.13. The third-order valence-corrected chi connectivity index (χ3v) is 5.12. The van der Waals surface area contributed by atoms with Crippen LogP contribution in [-0.4, -0.2) is 36.3 Å². The third-order valence-electron chi connectivity index (χ3n) is 5.12. The molecule has 142 valence electrons. The standard InChI is InChI=1S/C20H28N2O.CH2O2/c1-8-23-15(6)18-14(5)19-20-16(17(18)12(2)3)11-13(4)22(20)10-9-21(19)7;2-1-3/h11,15H,2,8-10H2,1,3-7H3;1H,(H,2,3). The fraction of sp³-hybridized carbons (Fsp3) is 0.476. The smallest absolute Gasteiger partial charge is 0.290 e. The Balaban J connectivity index is 0.000000758. The molecule has 1 unspecified atom stereocenters. The number of benzene rings is 1. The molecule has 0 saturated carbocycles. The second-order valence-electron chi connectivity index (χ2n) is 6.87. The first-order valence-electron chi connectivity index (χ1n) is 9.02. The number of nitrogens with zero attached hydrogens (tertiary/aromatic N) is 2. The SMILES string of the molecule is C=C(C)c1c(C(C)OCC)c(C)c2c3c1cc(C)n3CCN2C.O=CO. The molecule has 1 atom stereocenters. The number of rotatable bonds is 4. The van der Waals surface area contributed by atoms with E-state index in [9.17, 15) is 0 Å². The number of carbonyl (C=O) groups is 1. The summed E-state index contributed by atoms with van der Waals surface area (Å²) in [5.41, 5.74) is 9.07. The molecule has 5 nitrogen and oxygen atoms in total. The summed E-state index contributed by atoms with van der Waals surface area (Å²) >= 11 is 0. The van der Waals surface area contributed by atoms with Gasteiger partial charge in [-0.25, -0.2) is 0 Å². The average Bonchev–Trinajstić information content (AvgIpc) is 2.89. The molecular weight excluding hydrogens is 328 g/mol. The minimum Gasteiger partial charge on any atom is -0.483 e. The van der Waals surface area contributed by atoms with Crippen LogP contribution in [0.1, 0.15) is 49.3 Å². The number of aryl methyl sites for hydroxylation is 1. The fourth-order valence-corrected chi connectivity index (χ4v) is 4.18. The molecule has 0 aliphatic carbocycles. The Labute approximate surface area is 155 Å². The summed E-state index contributed by atoms with van der Waals surface area (Å²) < 4.78 is 8.43. The molecule has 1 aromatic heterocycles. The molecule has 0 radical (unpaired) electrons. The van der Waals surface area contributed by atoms with Gasteiger partial charge in [0.25, 0.3) is 6.47 Å². The van der Waals surface area contributed by atoms with Crippen molar-refractivity contribution in [3.8, 4) is 0 Å². The molecule has 0 spiro atoms. The Bertz CT molecular complexity index is 836. The van der Waals surface area contributed by atoms with E-state index in [-0.39, 0.29) is 12.6 Å². The fourth-order valence-electron chi connectivity index (χ4n) is 4.18. The third kappa shape index (κ3) is 3.23. The average molecular weight is 358 g/mol. The predicted molar refractivity (Wildman–Crippen MR) is 108 cm³/mol. The van der Waals surface area contributed by atoms with Crippen LogP contribution in [0.2, 0.25) is 0 Å². The van der Waals surface area contributed by atoms with E-state index in [1.54, 1.807) is 0 Å². The van der Waals surface area contributed by atoms with Crippen molar-refractivity contribution in [1.82, 2.24) is 4.57 Å². The van der Waals surface area contributed by atoms with Crippen molar-refractivity contribution in [1.29, 1.82) is 0 Å². The Morgan fingerprint density at radius 2 is 2.04 bits per heavy atom. The van der Waals surface area contributed by atoms with Gasteiger partial charge >= 0.3 is 0 Å². The number of aromatic nitrogens is 1. The molecule has 2 aromatic rings. The van der Waals surface area contributed by atoms with E-state index >= 15 is 0 Å². The van der Waals surface area contributed by atoms with E-state index < -0.39 is 0 Å². The second-order valence-corrected chi connectivity index (χ2v) is 6.87. The molecule has 3 rings (SSSR count). The highest BCUT2D eigenvalue weighted by Crippen LogP contribution is 2.44. The Hall–Kier alpha value is -2.27. The van der Waals surface area contributed by atoms with Gasteiger partial charge in [-0.15, -0.1) is 0 Å². The Morgan fingerprint density at radius 1 is 1.42 bits per heavy atom. The number of carboxylic acid groups (broad SMARTS) is 1. The molecule has 0 saturated heterocycles. The first-order valence-corrected chi connectivity index (χ1v) is 9.02. The normalized spacial score (nSPS) is 14.0. The number of allylic oxidation sites excluding steroid dienone is 1. The van der Waals surface area contributed by atoms with Crippen molar-refractivity contribution >= 4 is 28.6 Å². The van der Waals surface area contributed by atoms with Crippen LogP contribution in [0.15, 0.2) is 12.6 Å². The van der Waals surface area contributed by atoms with Crippen LogP contribution in [0.25, 0.3) is 16.5 Å². The van der Waals surface area contributed by atoms with E-state index in [1.807, 2.05) is 0 Å². The maximum absolute atomic E-state index is 8.36. The van der Waals surface area contributed by atoms with Crippen LogP contribution in [-0.2, 0) is 16.1 Å². The summed E-state index contributed by atoms with van der Waals surface area (Å²) in [5.74, 6) is 0. The van der Waals surface area contributed by atoms with E-state index in [0.717, 1.165) is 25.3 Å². The van der Waals surface area contributed by atoms with Gasteiger partial charge < -0.3 is 19.3 Å². The number of hydrogen-bond acceptors (Lipinski definition) is 3. The van der Waals surface area contributed by atoms with Crippen molar-refractivity contribution < 1.29 is 14.6 Å². The minimum absolute atomic E-state index is 0.0753. The zero-order valence-electron chi connectivity index (χ0n) is 16.7. The highest BCUT2D eigenvalue weighted by molar-refractivity contribution is 6.03. The maximum atomic E-state index is 8.36. The van der Waals surface area contributed by atoms with Gasteiger partial charge in [0.1, 0.15) is 0 Å². The molecule has 5 heteroatoms. The maximum Gasteiger partial charge on any atom is 0.290 e. The van der Waals surface area contributed by atoms with Gasteiger partial charge in [-0.3, -0.25) is 4.79 Å². The van der Waals surface area contributed by atoms with E-state index in [1.165, 1.54) is 39.0 Å². The summed E-state index contributed by atoms with van der Waals surface area (Å²) in [6.07, 6.45) is 0.0753. The molecular formula is C21H30N2O3. The summed E-state index contributed by atoms with van der Waals surface area (Å²) in [5, 5.41) is 8.21.